The van der Waals surface area contributed by atoms with E-state index in [0.717, 1.165) is 0 Å². The number of carboxylic acid groups (broad SMARTS) is 1. The molecule has 0 aromatic carbocycles. The van der Waals surface area contributed by atoms with E-state index in [1.54, 1.807) is 0 Å². The molecule has 0 aromatic heterocycles. The summed E-state index contributed by atoms with van der Waals surface area (Å²) in [6, 6.07) is 0. The molecule has 0 saturated carbocycles. The fraction of sp³-hybridized carbons (Fsp3) is 0.900. The van der Waals surface area contributed by atoms with Gasteiger partial charge in [0, 0.05) is 0 Å². The zero-order valence-corrected chi connectivity index (χ0v) is 9.13. The topological polar surface area (TPSA) is 46.5 Å². The summed E-state index contributed by atoms with van der Waals surface area (Å²) in [5.74, 6) is -0.516. The molecule has 0 rings (SSSR count). The van der Waals surface area contributed by atoms with Crippen LogP contribution in [0.4, 0.5) is 0 Å². The zero-order valence-electron chi connectivity index (χ0n) is 9.13. The van der Waals surface area contributed by atoms with Crippen molar-refractivity contribution in [3.05, 3.63) is 0 Å². The SMILES string of the molecule is CC(C)COC(C(=O)O)C(C)(C)C. The fourth-order valence-corrected chi connectivity index (χ4v) is 0.980. The third-order valence-corrected chi connectivity index (χ3v) is 1.61. The van der Waals surface area contributed by atoms with Crippen molar-refractivity contribution >= 4 is 5.97 Å². The summed E-state index contributed by atoms with van der Waals surface area (Å²) in [6.07, 6.45) is -0.713. The standard InChI is InChI=1S/C10H20O3/c1-7(2)6-13-8(9(11)12)10(3,4)5/h7-8H,6H2,1-5H3,(H,11,12). The third kappa shape index (κ3) is 4.88. The van der Waals surface area contributed by atoms with Crippen LogP contribution in [-0.2, 0) is 9.53 Å². The van der Waals surface area contributed by atoms with Crippen molar-refractivity contribution in [2.45, 2.75) is 40.7 Å². The Hall–Kier alpha value is -0.570. The molecule has 0 saturated heterocycles. The van der Waals surface area contributed by atoms with Crippen molar-refractivity contribution in [2.24, 2.45) is 11.3 Å². The molecule has 0 aromatic rings. The van der Waals surface area contributed by atoms with Gasteiger partial charge in [0.15, 0.2) is 6.10 Å². The maximum atomic E-state index is 10.8. The fourth-order valence-electron chi connectivity index (χ4n) is 0.980. The van der Waals surface area contributed by atoms with Crippen molar-refractivity contribution in [3.63, 3.8) is 0 Å². The Labute approximate surface area is 80.1 Å². The lowest BCUT2D eigenvalue weighted by atomic mass is 9.89. The summed E-state index contributed by atoms with van der Waals surface area (Å²) in [4.78, 5) is 10.8. The van der Waals surface area contributed by atoms with Crippen LogP contribution >= 0.6 is 0 Å². The Morgan fingerprint density at radius 1 is 1.38 bits per heavy atom. The molecule has 0 radical (unpaired) electrons. The van der Waals surface area contributed by atoms with E-state index in [9.17, 15) is 4.79 Å². The molecule has 78 valence electrons. The number of hydrogen-bond donors (Lipinski definition) is 1. The van der Waals surface area contributed by atoms with Crippen LogP contribution in [0.5, 0.6) is 0 Å². The summed E-state index contributed by atoms with van der Waals surface area (Å²) in [7, 11) is 0. The van der Waals surface area contributed by atoms with E-state index in [1.165, 1.54) is 0 Å². The van der Waals surface area contributed by atoms with Crippen molar-refractivity contribution < 1.29 is 14.6 Å². The van der Waals surface area contributed by atoms with Gasteiger partial charge in [-0.1, -0.05) is 34.6 Å². The van der Waals surface area contributed by atoms with Crippen molar-refractivity contribution in [2.75, 3.05) is 6.61 Å². The number of aliphatic carboxylic acids is 1. The minimum atomic E-state index is -0.881. The molecular weight excluding hydrogens is 168 g/mol. The molecule has 3 nitrogen and oxygen atoms in total. The normalized spacial score (nSPS) is 14.6. The molecule has 0 fully saturated rings. The van der Waals surface area contributed by atoms with Gasteiger partial charge < -0.3 is 9.84 Å². The second-order valence-corrected chi connectivity index (χ2v) is 4.81. The molecule has 0 heterocycles. The number of hydrogen-bond acceptors (Lipinski definition) is 2. The van der Waals surface area contributed by atoms with Gasteiger partial charge in [0.25, 0.3) is 0 Å². The first-order valence-corrected chi connectivity index (χ1v) is 4.59. The first-order chi connectivity index (χ1) is 5.75. The van der Waals surface area contributed by atoms with E-state index in [1.807, 2.05) is 34.6 Å². The Morgan fingerprint density at radius 2 is 1.85 bits per heavy atom. The van der Waals surface area contributed by atoms with Crippen LogP contribution in [0.25, 0.3) is 0 Å². The van der Waals surface area contributed by atoms with Crippen molar-refractivity contribution in [3.8, 4) is 0 Å². The van der Waals surface area contributed by atoms with Gasteiger partial charge in [-0.15, -0.1) is 0 Å². The zero-order chi connectivity index (χ0) is 10.6. The molecule has 1 unspecified atom stereocenters. The van der Waals surface area contributed by atoms with Gasteiger partial charge >= 0.3 is 5.97 Å². The van der Waals surface area contributed by atoms with Crippen molar-refractivity contribution in [1.82, 2.24) is 0 Å². The summed E-state index contributed by atoms with van der Waals surface area (Å²) in [6.45, 7) is 10.1. The molecule has 13 heavy (non-hydrogen) atoms. The van der Waals surface area contributed by atoms with Gasteiger partial charge in [-0.05, 0) is 11.3 Å². The molecule has 0 aliphatic heterocycles. The quantitative estimate of drug-likeness (QED) is 0.735. The van der Waals surface area contributed by atoms with Gasteiger partial charge in [0.2, 0.25) is 0 Å². The minimum absolute atomic E-state index is 0.347. The van der Waals surface area contributed by atoms with Gasteiger partial charge in [0.1, 0.15) is 0 Å². The van der Waals surface area contributed by atoms with E-state index in [0.29, 0.717) is 12.5 Å². The Kier molecular flexibility index (Phi) is 4.40. The van der Waals surface area contributed by atoms with E-state index in [2.05, 4.69) is 0 Å². The highest BCUT2D eigenvalue weighted by molar-refractivity contribution is 5.73. The van der Waals surface area contributed by atoms with E-state index in [-0.39, 0.29) is 5.41 Å². The number of carboxylic acids is 1. The molecule has 1 atom stereocenters. The average Bonchev–Trinajstić information content (AvgIpc) is 1.81. The highest BCUT2D eigenvalue weighted by atomic mass is 16.5. The van der Waals surface area contributed by atoms with Crippen LogP contribution < -0.4 is 0 Å². The summed E-state index contributed by atoms with van der Waals surface area (Å²) < 4.78 is 5.33. The van der Waals surface area contributed by atoms with Gasteiger partial charge in [-0.2, -0.15) is 0 Å². The number of rotatable bonds is 4. The summed E-state index contributed by atoms with van der Waals surface area (Å²) in [5.41, 5.74) is -0.347. The molecule has 0 aliphatic rings. The molecular formula is C10H20O3. The minimum Gasteiger partial charge on any atom is -0.479 e. The summed E-state index contributed by atoms with van der Waals surface area (Å²) in [5, 5.41) is 8.90. The lowest BCUT2D eigenvalue weighted by Gasteiger charge is -2.27. The van der Waals surface area contributed by atoms with Crippen LogP contribution in [0.3, 0.4) is 0 Å². The van der Waals surface area contributed by atoms with Crippen LogP contribution in [0.15, 0.2) is 0 Å². The van der Waals surface area contributed by atoms with E-state index in [4.69, 9.17) is 9.84 Å². The number of ether oxygens (including phenoxy) is 1. The van der Waals surface area contributed by atoms with Crippen LogP contribution in [0.1, 0.15) is 34.6 Å². The molecule has 0 aliphatic carbocycles. The predicted molar refractivity (Wildman–Crippen MR) is 51.7 cm³/mol. The second-order valence-electron chi connectivity index (χ2n) is 4.81. The Balaban J connectivity index is 4.20. The van der Waals surface area contributed by atoms with E-state index < -0.39 is 12.1 Å². The largest absolute Gasteiger partial charge is 0.479 e. The Morgan fingerprint density at radius 3 is 2.08 bits per heavy atom. The molecule has 0 amide bonds. The molecule has 0 spiro atoms. The van der Waals surface area contributed by atoms with Crippen LogP contribution in [0.2, 0.25) is 0 Å². The second kappa shape index (κ2) is 4.61. The first kappa shape index (κ1) is 12.4. The summed E-state index contributed by atoms with van der Waals surface area (Å²) >= 11 is 0. The maximum Gasteiger partial charge on any atom is 0.333 e. The van der Waals surface area contributed by atoms with Gasteiger partial charge in [-0.3, -0.25) is 0 Å². The molecule has 0 bridgehead atoms. The van der Waals surface area contributed by atoms with Crippen molar-refractivity contribution in [1.29, 1.82) is 0 Å². The van der Waals surface area contributed by atoms with E-state index >= 15 is 0 Å². The predicted octanol–water partition coefficient (Wildman–Crippen LogP) is 2.16. The smallest absolute Gasteiger partial charge is 0.333 e. The lowest BCUT2D eigenvalue weighted by molar-refractivity contribution is -0.159. The monoisotopic (exact) mass is 188 g/mol. The lowest BCUT2D eigenvalue weighted by Crippen LogP contribution is -2.37. The highest BCUT2D eigenvalue weighted by Crippen LogP contribution is 2.22. The highest BCUT2D eigenvalue weighted by Gasteiger charge is 2.32. The molecule has 3 heteroatoms. The van der Waals surface area contributed by atoms with Crippen LogP contribution in [-0.4, -0.2) is 23.8 Å². The first-order valence-electron chi connectivity index (χ1n) is 4.59. The van der Waals surface area contributed by atoms with Crippen LogP contribution in [0, 0.1) is 11.3 Å². The van der Waals surface area contributed by atoms with Gasteiger partial charge in [-0.25, -0.2) is 4.79 Å². The third-order valence-electron chi connectivity index (χ3n) is 1.61. The number of carbonyl (C=O) groups is 1. The average molecular weight is 188 g/mol. The maximum absolute atomic E-state index is 10.8. The Bertz CT molecular complexity index is 167. The molecule has 1 N–H and O–H groups in total. The van der Waals surface area contributed by atoms with Gasteiger partial charge in [0.05, 0.1) is 6.61 Å².